The Labute approximate surface area is 55.9 Å². The molecule has 1 heterocycles. The van der Waals surface area contributed by atoms with Gasteiger partial charge in [0.2, 0.25) is 11.8 Å². The topological polar surface area (TPSA) is 71.8 Å². The van der Waals surface area contributed by atoms with Gasteiger partial charge in [-0.1, -0.05) is 0 Å². The van der Waals surface area contributed by atoms with Gasteiger partial charge in [0, 0.05) is 0 Å². The average molecular weight is 143 g/mol. The van der Waals surface area contributed by atoms with Gasteiger partial charge in [-0.15, -0.1) is 0 Å². The Hall–Kier alpha value is -1.39. The summed E-state index contributed by atoms with van der Waals surface area (Å²) >= 11 is 0. The van der Waals surface area contributed by atoms with Gasteiger partial charge in [0.1, 0.15) is 0 Å². The standard InChI is InChI=1S/C5H6FN3O/c1-2-3(6)4(10)9-5(7)8-2/h1H3,(H3,7,8,9,10). The molecule has 0 bridgehead atoms. The minimum Gasteiger partial charge on any atom is -0.369 e. The lowest BCUT2D eigenvalue weighted by Gasteiger charge is -1.94. The molecule has 1 rings (SSSR count). The molecule has 1 aromatic rings. The van der Waals surface area contributed by atoms with Crippen molar-refractivity contribution in [2.45, 2.75) is 6.92 Å². The van der Waals surface area contributed by atoms with Crippen molar-refractivity contribution in [1.82, 2.24) is 9.97 Å². The number of anilines is 1. The highest BCUT2D eigenvalue weighted by atomic mass is 19.1. The summed E-state index contributed by atoms with van der Waals surface area (Å²) in [6.07, 6.45) is 0. The molecule has 0 amide bonds. The van der Waals surface area contributed by atoms with Gasteiger partial charge in [-0.25, -0.2) is 4.98 Å². The van der Waals surface area contributed by atoms with E-state index in [2.05, 4.69) is 4.98 Å². The van der Waals surface area contributed by atoms with Crippen LogP contribution in [0, 0.1) is 12.7 Å². The van der Waals surface area contributed by atoms with Gasteiger partial charge in [-0.3, -0.25) is 9.78 Å². The van der Waals surface area contributed by atoms with Gasteiger partial charge in [0.05, 0.1) is 5.69 Å². The van der Waals surface area contributed by atoms with Crippen LogP contribution in [0.15, 0.2) is 4.79 Å². The minimum atomic E-state index is -0.880. The van der Waals surface area contributed by atoms with Crippen molar-refractivity contribution < 1.29 is 4.39 Å². The number of aromatic amines is 1. The number of H-pyrrole nitrogens is 1. The highest BCUT2D eigenvalue weighted by molar-refractivity contribution is 5.17. The van der Waals surface area contributed by atoms with Crippen LogP contribution in [-0.2, 0) is 0 Å². The van der Waals surface area contributed by atoms with Gasteiger partial charge in [-0.05, 0) is 6.92 Å². The zero-order chi connectivity index (χ0) is 7.72. The van der Waals surface area contributed by atoms with Crippen LogP contribution >= 0.6 is 0 Å². The Bertz CT molecular complexity index is 306. The first-order chi connectivity index (χ1) is 4.61. The summed E-state index contributed by atoms with van der Waals surface area (Å²) < 4.78 is 12.4. The number of nitrogens with two attached hydrogens (primary N) is 1. The number of halogens is 1. The number of nitrogens with zero attached hydrogens (tertiary/aromatic N) is 1. The lowest BCUT2D eigenvalue weighted by atomic mass is 10.4. The van der Waals surface area contributed by atoms with E-state index in [1.54, 1.807) is 0 Å². The molecule has 5 heteroatoms. The van der Waals surface area contributed by atoms with Crippen LogP contribution in [0.4, 0.5) is 10.3 Å². The van der Waals surface area contributed by atoms with E-state index in [0.717, 1.165) is 0 Å². The molecule has 1 aromatic heterocycles. The molecule has 54 valence electrons. The fraction of sp³-hybridized carbons (Fsp3) is 0.200. The SMILES string of the molecule is Cc1nc(N)[nH]c(=O)c1F. The van der Waals surface area contributed by atoms with Crippen molar-refractivity contribution in [2.75, 3.05) is 5.73 Å². The minimum absolute atomic E-state index is 0.0150. The molecular formula is C5H6FN3O. The number of hydrogen-bond donors (Lipinski definition) is 2. The molecule has 0 aliphatic rings. The predicted octanol–water partition coefficient (Wildman–Crippen LogP) is -0.200. The van der Waals surface area contributed by atoms with Crippen LogP contribution in [0.25, 0.3) is 0 Å². The van der Waals surface area contributed by atoms with E-state index >= 15 is 0 Å². The van der Waals surface area contributed by atoms with Crippen molar-refractivity contribution in [3.63, 3.8) is 0 Å². The maximum Gasteiger partial charge on any atom is 0.288 e. The van der Waals surface area contributed by atoms with Crippen LogP contribution in [0.1, 0.15) is 5.69 Å². The number of hydrogen-bond acceptors (Lipinski definition) is 3. The number of nitrogens with one attached hydrogen (secondary N) is 1. The number of nitrogen functional groups attached to an aromatic ring is 1. The Kier molecular flexibility index (Phi) is 1.41. The zero-order valence-electron chi connectivity index (χ0n) is 5.31. The smallest absolute Gasteiger partial charge is 0.288 e. The normalized spacial score (nSPS) is 9.80. The molecule has 0 saturated carbocycles. The molecule has 0 atom stereocenters. The van der Waals surface area contributed by atoms with Crippen molar-refractivity contribution in [2.24, 2.45) is 0 Å². The fourth-order valence-corrected chi connectivity index (χ4v) is 0.593. The van der Waals surface area contributed by atoms with E-state index in [1.165, 1.54) is 6.92 Å². The first-order valence-electron chi connectivity index (χ1n) is 2.63. The molecule has 0 unspecified atom stereocenters. The van der Waals surface area contributed by atoms with Crippen molar-refractivity contribution >= 4 is 5.95 Å². The summed E-state index contributed by atoms with van der Waals surface area (Å²) in [6, 6.07) is 0. The molecule has 0 aliphatic heterocycles. The van der Waals surface area contributed by atoms with Crippen molar-refractivity contribution in [3.05, 3.63) is 21.9 Å². The molecule has 0 aromatic carbocycles. The van der Waals surface area contributed by atoms with E-state index in [1.807, 2.05) is 4.98 Å². The second kappa shape index (κ2) is 2.09. The largest absolute Gasteiger partial charge is 0.369 e. The highest BCUT2D eigenvalue weighted by Crippen LogP contribution is 1.95. The van der Waals surface area contributed by atoms with E-state index in [-0.39, 0.29) is 11.6 Å². The first kappa shape index (κ1) is 6.73. The van der Waals surface area contributed by atoms with Gasteiger partial charge in [0.15, 0.2) is 0 Å². The maximum atomic E-state index is 12.4. The summed E-state index contributed by atoms with van der Waals surface area (Å²) in [5, 5.41) is 0. The number of aromatic nitrogens is 2. The Morgan fingerprint density at radius 2 is 2.30 bits per heavy atom. The van der Waals surface area contributed by atoms with Crippen molar-refractivity contribution in [1.29, 1.82) is 0 Å². The summed E-state index contributed by atoms with van der Waals surface area (Å²) in [7, 11) is 0. The third-order valence-electron chi connectivity index (χ3n) is 1.05. The summed E-state index contributed by atoms with van der Waals surface area (Å²) in [6.45, 7) is 1.38. The fourth-order valence-electron chi connectivity index (χ4n) is 0.593. The molecular weight excluding hydrogens is 137 g/mol. The Morgan fingerprint density at radius 3 is 2.80 bits per heavy atom. The molecule has 0 fully saturated rings. The molecule has 0 aliphatic carbocycles. The molecule has 0 radical (unpaired) electrons. The molecule has 0 saturated heterocycles. The molecule has 3 N–H and O–H groups in total. The van der Waals surface area contributed by atoms with E-state index in [9.17, 15) is 9.18 Å². The van der Waals surface area contributed by atoms with Gasteiger partial charge in [-0.2, -0.15) is 4.39 Å². The van der Waals surface area contributed by atoms with Crippen LogP contribution < -0.4 is 11.3 Å². The van der Waals surface area contributed by atoms with Crippen LogP contribution in [0.5, 0.6) is 0 Å². The van der Waals surface area contributed by atoms with E-state index in [0.29, 0.717) is 0 Å². The monoisotopic (exact) mass is 143 g/mol. The average Bonchev–Trinajstić information content (AvgIpc) is 1.82. The summed E-state index contributed by atoms with van der Waals surface area (Å²) in [4.78, 5) is 16.0. The Balaban J connectivity index is 3.46. The Morgan fingerprint density at radius 1 is 1.70 bits per heavy atom. The van der Waals surface area contributed by atoms with Crippen molar-refractivity contribution in [3.8, 4) is 0 Å². The van der Waals surface area contributed by atoms with E-state index < -0.39 is 11.4 Å². The van der Waals surface area contributed by atoms with E-state index in [4.69, 9.17) is 5.73 Å². The molecule has 10 heavy (non-hydrogen) atoms. The van der Waals surface area contributed by atoms with Gasteiger partial charge in [0.25, 0.3) is 5.56 Å². The van der Waals surface area contributed by atoms with Crippen LogP contribution in [0.2, 0.25) is 0 Å². The summed E-state index contributed by atoms with van der Waals surface area (Å²) in [5.74, 6) is -0.946. The third kappa shape index (κ3) is 0.975. The number of aryl methyl sites for hydroxylation is 1. The lowest BCUT2D eigenvalue weighted by molar-refractivity contribution is 0.589. The third-order valence-corrected chi connectivity index (χ3v) is 1.05. The lowest BCUT2D eigenvalue weighted by Crippen LogP contribution is -2.16. The maximum absolute atomic E-state index is 12.4. The second-order valence-electron chi connectivity index (χ2n) is 1.85. The quantitative estimate of drug-likeness (QED) is 0.528. The van der Waals surface area contributed by atoms with Gasteiger partial charge >= 0.3 is 0 Å². The predicted molar refractivity (Wildman–Crippen MR) is 34.0 cm³/mol. The first-order valence-corrected chi connectivity index (χ1v) is 2.63. The molecule has 0 spiro atoms. The highest BCUT2D eigenvalue weighted by Gasteiger charge is 2.03. The van der Waals surface area contributed by atoms with Crippen LogP contribution in [0.3, 0.4) is 0 Å². The zero-order valence-corrected chi connectivity index (χ0v) is 5.31. The number of rotatable bonds is 0. The van der Waals surface area contributed by atoms with Gasteiger partial charge < -0.3 is 5.73 Å². The molecule has 4 nitrogen and oxygen atoms in total. The second-order valence-corrected chi connectivity index (χ2v) is 1.85. The van der Waals surface area contributed by atoms with Crippen LogP contribution in [-0.4, -0.2) is 9.97 Å². The summed E-state index contributed by atoms with van der Waals surface area (Å²) in [5.41, 5.74) is 4.28.